The molecule has 3 heteroatoms. The summed E-state index contributed by atoms with van der Waals surface area (Å²) < 4.78 is 0. The molecule has 1 aromatic rings. The molecular formula is C17H29N3. The molecule has 0 amide bonds. The van der Waals surface area contributed by atoms with Crippen LogP contribution in [0, 0.1) is 19.8 Å². The maximum Gasteiger partial charge on any atom is 0.131 e. The minimum atomic E-state index is 0.553. The normalized spacial score (nSPS) is 17.3. The van der Waals surface area contributed by atoms with Gasteiger partial charge in [0.2, 0.25) is 0 Å². The van der Waals surface area contributed by atoms with Crippen LogP contribution >= 0.6 is 0 Å². The molecule has 0 bridgehead atoms. The Kier molecular flexibility index (Phi) is 5.14. The molecule has 20 heavy (non-hydrogen) atoms. The lowest BCUT2D eigenvalue weighted by molar-refractivity contribution is 0.399. The van der Waals surface area contributed by atoms with Crippen LogP contribution in [0.4, 0.5) is 0 Å². The molecule has 1 aliphatic rings. The number of hydrogen-bond donors (Lipinski definition) is 1. The highest BCUT2D eigenvalue weighted by Gasteiger charge is 2.23. The lowest BCUT2D eigenvalue weighted by Gasteiger charge is -2.25. The molecule has 3 nitrogen and oxygen atoms in total. The van der Waals surface area contributed by atoms with E-state index >= 15 is 0 Å². The third-order valence-electron chi connectivity index (χ3n) is 4.34. The van der Waals surface area contributed by atoms with Gasteiger partial charge in [0.25, 0.3) is 0 Å². The minimum absolute atomic E-state index is 0.553. The first-order chi connectivity index (χ1) is 9.47. The average Bonchev–Trinajstić information content (AvgIpc) is 2.29. The Morgan fingerprint density at radius 2 is 1.70 bits per heavy atom. The third-order valence-corrected chi connectivity index (χ3v) is 4.34. The molecular weight excluding hydrogens is 246 g/mol. The van der Waals surface area contributed by atoms with Crippen LogP contribution in [0.1, 0.15) is 68.7 Å². The van der Waals surface area contributed by atoms with Crippen LogP contribution in [0.25, 0.3) is 0 Å². The molecule has 1 unspecified atom stereocenters. The smallest absolute Gasteiger partial charge is 0.131 e. The van der Waals surface area contributed by atoms with Gasteiger partial charge in [-0.2, -0.15) is 0 Å². The van der Waals surface area contributed by atoms with Gasteiger partial charge in [-0.05, 0) is 51.1 Å². The molecule has 1 aromatic heterocycles. The van der Waals surface area contributed by atoms with Crippen LogP contribution in [0.3, 0.4) is 0 Å². The fourth-order valence-corrected chi connectivity index (χ4v) is 2.77. The molecule has 2 rings (SSSR count). The Morgan fingerprint density at radius 3 is 2.15 bits per heavy atom. The fourth-order valence-electron chi connectivity index (χ4n) is 2.77. The minimum Gasteiger partial charge on any atom is -0.314 e. The zero-order valence-corrected chi connectivity index (χ0v) is 13.7. The van der Waals surface area contributed by atoms with Gasteiger partial charge in [-0.15, -0.1) is 0 Å². The molecule has 1 atom stereocenters. The number of aromatic nitrogens is 2. The van der Waals surface area contributed by atoms with Gasteiger partial charge in [0.15, 0.2) is 0 Å². The number of aryl methyl sites for hydroxylation is 2. The Hall–Kier alpha value is -0.960. The number of hydrogen-bond acceptors (Lipinski definition) is 3. The Morgan fingerprint density at radius 1 is 1.10 bits per heavy atom. The van der Waals surface area contributed by atoms with E-state index in [0.717, 1.165) is 18.8 Å². The van der Waals surface area contributed by atoms with Crippen molar-refractivity contribution < 1.29 is 0 Å². The molecule has 1 heterocycles. The molecule has 1 aliphatic carbocycles. The SMILES string of the molecule is Cc1nc(C2CCC2)nc(C)c1CC(C)CNC(C)C. The van der Waals surface area contributed by atoms with Gasteiger partial charge >= 0.3 is 0 Å². The Bertz CT molecular complexity index is 427. The first-order valence-corrected chi connectivity index (χ1v) is 8.04. The first-order valence-electron chi connectivity index (χ1n) is 8.04. The van der Waals surface area contributed by atoms with E-state index in [4.69, 9.17) is 9.97 Å². The second kappa shape index (κ2) is 6.66. The quantitative estimate of drug-likeness (QED) is 0.863. The highest BCUT2D eigenvalue weighted by Crippen LogP contribution is 2.34. The van der Waals surface area contributed by atoms with Crippen molar-refractivity contribution in [2.75, 3.05) is 6.54 Å². The molecule has 0 radical (unpaired) electrons. The summed E-state index contributed by atoms with van der Waals surface area (Å²) in [5.41, 5.74) is 3.73. The predicted molar refractivity (Wildman–Crippen MR) is 84.1 cm³/mol. The van der Waals surface area contributed by atoms with Crippen LogP contribution in [0.5, 0.6) is 0 Å². The second-order valence-electron chi connectivity index (χ2n) is 6.73. The van der Waals surface area contributed by atoms with Crippen LogP contribution in [-0.2, 0) is 6.42 Å². The number of nitrogens with one attached hydrogen (secondary N) is 1. The summed E-state index contributed by atoms with van der Waals surface area (Å²) in [4.78, 5) is 9.55. The van der Waals surface area contributed by atoms with E-state index in [2.05, 4.69) is 39.9 Å². The van der Waals surface area contributed by atoms with E-state index in [1.54, 1.807) is 0 Å². The number of nitrogens with zero attached hydrogens (tertiary/aromatic N) is 2. The van der Waals surface area contributed by atoms with E-state index in [-0.39, 0.29) is 0 Å². The highest BCUT2D eigenvalue weighted by atomic mass is 14.9. The van der Waals surface area contributed by atoms with Gasteiger partial charge in [0.1, 0.15) is 5.82 Å². The first kappa shape index (κ1) is 15.4. The van der Waals surface area contributed by atoms with Crippen molar-refractivity contribution in [3.05, 3.63) is 22.8 Å². The van der Waals surface area contributed by atoms with Crippen molar-refractivity contribution in [2.45, 2.75) is 72.3 Å². The van der Waals surface area contributed by atoms with Gasteiger partial charge < -0.3 is 5.32 Å². The Labute approximate surface area is 123 Å². The largest absolute Gasteiger partial charge is 0.314 e. The summed E-state index contributed by atoms with van der Waals surface area (Å²) in [6, 6.07) is 0.553. The van der Waals surface area contributed by atoms with Crippen LogP contribution in [-0.4, -0.2) is 22.6 Å². The monoisotopic (exact) mass is 275 g/mol. The maximum absolute atomic E-state index is 4.77. The van der Waals surface area contributed by atoms with Crippen LogP contribution < -0.4 is 5.32 Å². The van der Waals surface area contributed by atoms with Gasteiger partial charge in [-0.25, -0.2) is 9.97 Å². The average molecular weight is 275 g/mol. The third kappa shape index (κ3) is 3.78. The van der Waals surface area contributed by atoms with Gasteiger partial charge in [-0.3, -0.25) is 0 Å². The number of rotatable bonds is 6. The summed E-state index contributed by atoms with van der Waals surface area (Å²) in [6.07, 6.45) is 4.95. The highest BCUT2D eigenvalue weighted by molar-refractivity contribution is 5.26. The molecule has 1 fully saturated rings. The zero-order valence-electron chi connectivity index (χ0n) is 13.7. The lowest BCUT2D eigenvalue weighted by atomic mass is 9.84. The summed E-state index contributed by atoms with van der Waals surface area (Å²) >= 11 is 0. The van der Waals surface area contributed by atoms with Crippen molar-refractivity contribution >= 4 is 0 Å². The molecule has 1 saturated carbocycles. The second-order valence-corrected chi connectivity index (χ2v) is 6.73. The molecule has 0 spiro atoms. The Balaban J connectivity index is 2.03. The van der Waals surface area contributed by atoms with Crippen molar-refractivity contribution in [3.8, 4) is 0 Å². The van der Waals surface area contributed by atoms with E-state index < -0.39 is 0 Å². The summed E-state index contributed by atoms with van der Waals surface area (Å²) in [5, 5.41) is 3.51. The van der Waals surface area contributed by atoms with Crippen LogP contribution in [0.2, 0.25) is 0 Å². The summed E-state index contributed by atoms with van der Waals surface area (Å²) in [6.45, 7) is 12.0. The van der Waals surface area contributed by atoms with Crippen molar-refractivity contribution in [2.24, 2.45) is 5.92 Å². The molecule has 1 N–H and O–H groups in total. The van der Waals surface area contributed by atoms with E-state index in [1.807, 2.05) is 0 Å². The van der Waals surface area contributed by atoms with Crippen molar-refractivity contribution in [1.82, 2.24) is 15.3 Å². The van der Waals surface area contributed by atoms with E-state index in [1.165, 1.54) is 36.2 Å². The lowest BCUT2D eigenvalue weighted by Crippen LogP contribution is -2.29. The molecule has 0 aromatic carbocycles. The fraction of sp³-hybridized carbons (Fsp3) is 0.765. The predicted octanol–water partition coefficient (Wildman–Crippen LogP) is 3.54. The zero-order chi connectivity index (χ0) is 14.7. The van der Waals surface area contributed by atoms with E-state index in [9.17, 15) is 0 Å². The maximum atomic E-state index is 4.77. The van der Waals surface area contributed by atoms with Gasteiger partial charge in [0.05, 0.1) is 0 Å². The topological polar surface area (TPSA) is 37.8 Å². The molecule has 0 saturated heterocycles. The summed E-state index contributed by atoms with van der Waals surface area (Å²) in [7, 11) is 0. The van der Waals surface area contributed by atoms with Crippen molar-refractivity contribution in [3.63, 3.8) is 0 Å². The van der Waals surface area contributed by atoms with Crippen LogP contribution in [0.15, 0.2) is 0 Å². The van der Waals surface area contributed by atoms with Crippen molar-refractivity contribution in [1.29, 1.82) is 0 Å². The summed E-state index contributed by atoms with van der Waals surface area (Å²) in [5.74, 6) is 2.33. The molecule has 112 valence electrons. The van der Waals surface area contributed by atoms with Gasteiger partial charge in [0, 0.05) is 23.3 Å². The van der Waals surface area contributed by atoms with E-state index in [0.29, 0.717) is 17.9 Å². The molecule has 0 aliphatic heterocycles. The van der Waals surface area contributed by atoms with Gasteiger partial charge in [-0.1, -0.05) is 27.2 Å². The standard InChI is InChI=1S/C17H29N3/c1-11(2)18-10-12(3)9-16-13(4)19-17(20-14(16)5)15-7-6-8-15/h11-12,15,18H,6-10H2,1-5H3.